The minimum absolute atomic E-state index is 0.129. The topological polar surface area (TPSA) is 29.6 Å². The highest BCUT2D eigenvalue weighted by atomic mass is 31.2. The zero-order valence-corrected chi connectivity index (χ0v) is 14.2. The molecule has 4 rings (SSSR count). The lowest BCUT2D eigenvalue weighted by Gasteiger charge is -2.22. The summed E-state index contributed by atoms with van der Waals surface area (Å²) in [4.78, 5) is 0. The van der Waals surface area contributed by atoms with Gasteiger partial charge in [0.2, 0.25) is 0 Å². The van der Waals surface area contributed by atoms with E-state index in [1.54, 1.807) is 0 Å². The Morgan fingerprint density at radius 3 is 1.83 bits per heavy atom. The fourth-order valence-electron chi connectivity index (χ4n) is 3.96. The van der Waals surface area contributed by atoms with Crippen LogP contribution in [0.3, 0.4) is 0 Å². The van der Waals surface area contributed by atoms with Gasteiger partial charge in [-0.25, -0.2) is 0 Å². The first kappa shape index (κ1) is 15.2. The first-order valence-corrected chi connectivity index (χ1v) is 10.4. The zero-order valence-electron chi connectivity index (χ0n) is 13.3. The van der Waals surface area contributed by atoms with Gasteiger partial charge in [0.05, 0.1) is 6.10 Å². The molecule has 2 nitrogen and oxygen atoms in total. The lowest BCUT2D eigenvalue weighted by atomic mass is 9.87. The van der Waals surface area contributed by atoms with Crippen LogP contribution in [0.15, 0.2) is 60.7 Å². The van der Waals surface area contributed by atoms with E-state index in [9.17, 15) is 4.57 Å². The lowest BCUT2D eigenvalue weighted by Crippen LogP contribution is -2.23. The van der Waals surface area contributed by atoms with Crippen molar-refractivity contribution in [3.8, 4) is 0 Å². The van der Waals surface area contributed by atoms with Crippen LogP contribution >= 0.6 is 7.14 Å². The normalized spacial score (nSPS) is 25.2. The van der Waals surface area contributed by atoms with Crippen LogP contribution in [0.1, 0.15) is 32.1 Å². The molecule has 120 valence electrons. The van der Waals surface area contributed by atoms with Crippen molar-refractivity contribution < 1.29 is 9.30 Å². The van der Waals surface area contributed by atoms with E-state index in [1.807, 2.05) is 60.7 Å². The fraction of sp³-hybridized carbons (Fsp3) is 0.400. The van der Waals surface area contributed by atoms with E-state index in [2.05, 4.69) is 0 Å². The second kappa shape index (κ2) is 6.26. The molecule has 0 aromatic heterocycles. The maximum absolute atomic E-state index is 14.1. The van der Waals surface area contributed by atoms with E-state index in [0.29, 0.717) is 5.92 Å². The number of hydrogen-bond donors (Lipinski definition) is 0. The molecule has 0 amide bonds. The highest BCUT2D eigenvalue weighted by Gasteiger charge is 2.56. The molecule has 0 spiro atoms. The van der Waals surface area contributed by atoms with Gasteiger partial charge in [-0.3, -0.25) is 0 Å². The number of epoxide rings is 1. The van der Waals surface area contributed by atoms with Crippen molar-refractivity contribution >= 4 is 17.8 Å². The summed E-state index contributed by atoms with van der Waals surface area (Å²) in [5.41, 5.74) is 0. The average molecular weight is 326 g/mol. The van der Waals surface area contributed by atoms with Crippen molar-refractivity contribution in [2.24, 2.45) is 5.92 Å². The Kier molecular flexibility index (Phi) is 4.13. The van der Waals surface area contributed by atoms with Gasteiger partial charge < -0.3 is 9.30 Å². The van der Waals surface area contributed by atoms with Gasteiger partial charge in [0.1, 0.15) is 5.85 Å². The summed E-state index contributed by atoms with van der Waals surface area (Å²) in [6, 6.07) is 19.8. The first-order chi connectivity index (χ1) is 11.3. The summed E-state index contributed by atoms with van der Waals surface area (Å²) >= 11 is 0. The van der Waals surface area contributed by atoms with Gasteiger partial charge in [-0.2, -0.15) is 0 Å². The van der Waals surface area contributed by atoms with Crippen molar-refractivity contribution in [2.45, 2.75) is 44.1 Å². The van der Waals surface area contributed by atoms with Crippen LogP contribution in [0, 0.1) is 5.92 Å². The molecule has 1 saturated carbocycles. The van der Waals surface area contributed by atoms with Crippen molar-refractivity contribution in [2.75, 3.05) is 0 Å². The number of benzene rings is 2. The Bertz CT molecular complexity index is 649. The highest BCUT2D eigenvalue weighted by Crippen LogP contribution is 2.60. The molecule has 0 bridgehead atoms. The third-order valence-corrected chi connectivity index (χ3v) is 8.52. The predicted octanol–water partition coefficient (Wildman–Crippen LogP) is 4.31. The van der Waals surface area contributed by atoms with Crippen LogP contribution in [-0.2, 0) is 9.30 Å². The van der Waals surface area contributed by atoms with E-state index in [1.165, 1.54) is 32.1 Å². The van der Waals surface area contributed by atoms with Crippen LogP contribution in [0.2, 0.25) is 0 Å². The molecular weight excluding hydrogens is 303 g/mol. The van der Waals surface area contributed by atoms with Crippen molar-refractivity contribution in [1.29, 1.82) is 0 Å². The minimum atomic E-state index is -2.73. The van der Waals surface area contributed by atoms with Gasteiger partial charge in [0.15, 0.2) is 7.14 Å². The van der Waals surface area contributed by atoms with Gasteiger partial charge in [-0.1, -0.05) is 79.9 Å². The second-order valence-corrected chi connectivity index (χ2v) is 9.58. The van der Waals surface area contributed by atoms with Gasteiger partial charge in [-0.15, -0.1) is 0 Å². The van der Waals surface area contributed by atoms with Crippen LogP contribution in [0.5, 0.6) is 0 Å². The van der Waals surface area contributed by atoms with E-state index < -0.39 is 7.14 Å². The molecule has 1 aliphatic carbocycles. The molecule has 2 aliphatic rings. The van der Waals surface area contributed by atoms with Crippen LogP contribution in [0.4, 0.5) is 0 Å². The smallest absolute Gasteiger partial charge is 0.173 e. The van der Waals surface area contributed by atoms with Gasteiger partial charge in [0, 0.05) is 10.6 Å². The Balaban J connectivity index is 1.69. The molecule has 2 fully saturated rings. The van der Waals surface area contributed by atoms with Crippen molar-refractivity contribution in [1.82, 2.24) is 0 Å². The van der Waals surface area contributed by atoms with E-state index in [4.69, 9.17) is 4.74 Å². The third-order valence-electron chi connectivity index (χ3n) is 5.25. The minimum Gasteiger partial charge on any atom is -0.360 e. The standard InChI is InChI=1S/C20H23O2P/c21-23(17-12-6-2-7-13-17,18-14-8-3-9-15-18)20-19(22-20)16-10-4-1-5-11-16/h2-3,6-9,12-16,19-20H,1,4-5,10-11H2/t19-,20-/m0/s1. The Hall–Kier alpha value is -1.37. The van der Waals surface area contributed by atoms with E-state index in [-0.39, 0.29) is 11.9 Å². The van der Waals surface area contributed by atoms with Gasteiger partial charge >= 0.3 is 0 Å². The van der Waals surface area contributed by atoms with Crippen LogP contribution in [0.25, 0.3) is 0 Å². The van der Waals surface area contributed by atoms with E-state index >= 15 is 0 Å². The summed E-state index contributed by atoms with van der Waals surface area (Å²) < 4.78 is 20.2. The Morgan fingerprint density at radius 2 is 1.30 bits per heavy atom. The monoisotopic (exact) mass is 326 g/mol. The van der Waals surface area contributed by atoms with Crippen LogP contribution < -0.4 is 10.6 Å². The molecule has 2 aromatic carbocycles. The second-order valence-electron chi connectivity index (χ2n) is 6.72. The highest BCUT2D eigenvalue weighted by molar-refractivity contribution is 7.79. The van der Waals surface area contributed by atoms with Gasteiger partial charge in [0.25, 0.3) is 0 Å². The molecular formula is C20H23O2P. The van der Waals surface area contributed by atoms with Crippen LogP contribution in [-0.4, -0.2) is 11.9 Å². The largest absolute Gasteiger partial charge is 0.360 e. The number of ether oxygens (including phenoxy) is 1. The summed E-state index contributed by atoms with van der Waals surface area (Å²) in [6.07, 6.45) is 6.55. The lowest BCUT2D eigenvalue weighted by molar-refractivity contribution is 0.265. The summed E-state index contributed by atoms with van der Waals surface area (Å²) in [7, 11) is -2.73. The SMILES string of the molecule is O=P(c1ccccc1)(c1ccccc1)[C@@H]1O[C@H]1C1CCCCC1. The molecule has 0 radical (unpaired) electrons. The predicted molar refractivity (Wildman–Crippen MR) is 95.0 cm³/mol. The molecule has 1 aliphatic heterocycles. The van der Waals surface area contributed by atoms with Gasteiger partial charge in [-0.05, 0) is 18.8 Å². The maximum Gasteiger partial charge on any atom is 0.173 e. The molecule has 2 atom stereocenters. The molecule has 1 heterocycles. The number of hydrogen-bond acceptors (Lipinski definition) is 2. The molecule has 1 saturated heterocycles. The van der Waals surface area contributed by atoms with E-state index in [0.717, 1.165) is 10.6 Å². The molecule has 0 N–H and O–H groups in total. The summed E-state index contributed by atoms with van der Waals surface area (Å²) in [5.74, 6) is 0.463. The molecule has 2 aromatic rings. The van der Waals surface area contributed by atoms with Crippen molar-refractivity contribution in [3.05, 3.63) is 60.7 Å². The number of rotatable bonds is 4. The maximum atomic E-state index is 14.1. The quantitative estimate of drug-likeness (QED) is 0.619. The Labute approximate surface area is 138 Å². The zero-order chi connectivity index (χ0) is 15.7. The summed E-state index contributed by atoms with van der Waals surface area (Å²) in [6.45, 7) is 0. The third kappa shape index (κ3) is 2.79. The van der Waals surface area contributed by atoms with Crippen molar-refractivity contribution in [3.63, 3.8) is 0 Å². The molecule has 23 heavy (non-hydrogen) atoms. The average Bonchev–Trinajstić information content (AvgIpc) is 3.45. The first-order valence-electron chi connectivity index (χ1n) is 8.66. The Morgan fingerprint density at radius 1 is 0.783 bits per heavy atom. The molecule has 3 heteroatoms. The summed E-state index contributed by atoms with van der Waals surface area (Å²) in [5, 5.41) is 1.85. The molecule has 0 unspecified atom stereocenters. The fourth-order valence-corrected chi connectivity index (χ4v) is 7.04.